The summed E-state index contributed by atoms with van der Waals surface area (Å²) in [5, 5.41) is 9.28. The number of likely N-dealkylation sites (N-methyl/N-ethyl adjacent to an activating group) is 1. The molecule has 1 aromatic rings. The molecule has 0 bridgehead atoms. The predicted molar refractivity (Wildman–Crippen MR) is 95.4 cm³/mol. The zero-order chi connectivity index (χ0) is 17.9. The molecule has 1 saturated heterocycles. The molecule has 0 radical (unpaired) electrons. The number of hydrogen-bond acceptors (Lipinski definition) is 5. The van der Waals surface area contributed by atoms with Gasteiger partial charge in [-0.15, -0.1) is 0 Å². The van der Waals surface area contributed by atoms with E-state index in [4.69, 9.17) is 16.5 Å². The average molecular weight is 351 g/mol. The second-order valence-corrected chi connectivity index (χ2v) is 7.24. The summed E-state index contributed by atoms with van der Waals surface area (Å²) in [7, 11) is 2.08. The smallest absolute Gasteiger partial charge is 0.429 e. The van der Waals surface area contributed by atoms with Crippen molar-refractivity contribution in [3.8, 4) is 6.07 Å². The molecule has 0 aliphatic carbocycles. The van der Waals surface area contributed by atoms with Crippen LogP contribution in [0.2, 0.25) is 0 Å². The van der Waals surface area contributed by atoms with Gasteiger partial charge in [0.25, 0.3) is 0 Å². The van der Waals surface area contributed by atoms with Crippen LogP contribution in [0.15, 0.2) is 18.2 Å². The first-order valence-electron chi connectivity index (χ1n) is 7.87. The Kier molecular flexibility index (Phi) is 5.58. The Labute approximate surface area is 148 Å². The summed E-state index contributed by atoms with van der Waals surface area (Å²) < 4.78 is 6.20. The van der Waals surface area contributed by atoms with Crippen LogP contribution in [0, 0.1) is 11.3 Å². The van der Waals surface area contributed by atoms with Crippen molar-refractivity contribution in [2.75, 3.05) is 42.5 Å². The fourth-order valence-electron chi connectivity index (χ4n) is 2.43. The molecule has 0 aromatic heterocycles. The summed E-state index contributed by atoms with van der Waals surface area (Å²) in [4.78, 5) is 16.6. The van der Waals surface area contributed by atoms with Gasteiger partial charge in [0.05, 0.1) is 17.3 Å². The van der Waals surface area contributed by atoms with E-state index in [1.165, 1.54) is 0 Å². The van der Waals surface area contributed by atoms with Gasteiger partial charge < -0.3 is 14.5 Å². The third kappa shape index (κ3) is 4.76. The van der Waals surface area contributed by atoms with Crippen molar-refractivity contribution in [1.82, 2.24) is 4.90 Å². The molecule has 0 saturated carbocycles. The highest BCUT2D eigenvalue weighted by atomic mass is 35.5. The average Bonchev–Trinajstić information content (AvgIpc) is 2.52. The molecule has 24 heavy (non-hydrogen) atoms. The van der Waals surface area contributed by atoms with Gasteiger partial charge in [0.15, 0.2) is 0 Å². The third-order valence-electron chi connectivity index (χ3n) is 3.68. The second kappa shape index (κ2) is 7.29. The molecule has 0 unspecified atom stereocenters. The molecule has 130 valence electrons. The number of carbonyl (C=O) groups is 1. The lowest BCUT2D eigenvalue weighted by Gasteiger charge is -2.34. The number of nitriles is 1. The molecule has 0 atom stereocenters. The molecule has 6 nitrogen and oxygen atoms in total. The van der Waals surface area contributed by atoms with E-state index in [-0.39, 0.29) is 0 Å². The van der Waals surface area contributed by atoms with Crippen LogP contribution >= 0.6 is 11.8 Å². The van der Waals surface area contributed by atoms with E-state index >= 15 is 0 Å². The number of ether oxygens (including phenoxy) is 1. The highest BCUT2D eigenvalue weighted by Gasteiger charge is 2.24. The van der Waals surface area contributed by atoms with Gasteiger partial charge in [-0.05, 0) is 46.0 Å². The predicted octanol–water partition coefficient (Wildman–Crippen LogP) is 3.21. The Bertz CT molecular complexity index is 643. The van der Waals surface area contributed by atoms with E-state index in [9.17, 15) is 10.1 Å². The monoisotopic (exact) mass is 350 g/mol. The largest absolute Gasteiger partial charge is 0.443 e. The van der Waals surface area contributed by atoms with Crippen LogP contribution in [0.25, 0.3) is 0 Å². The van der Waals surface area contributed by atoms with E-state index in [0.717, 1.165) is 36.3 Å². The summed E-state index contributed by atoms with van der Waals surface area (Å²) in [5.74, 6) is 0. The quantitative estimate of drug-likeness (QED) is 0.766. The summed E-state index contributed by atoms with van der Waals surface area (Å²) in [6.45, 7) is 8.94. The number of halogens is 1. The molecule has 1 aliphatic rings. The number of nitrogens with zero attached hydrogens (tertiary/aromatic N) is 4. The number of anilines is 2. The zero-order valence-electron chi connectivity index (χ0n) is 14.5. The number of hydrogen-bond donors (Lipinski definition) is 0. The van der Waals surface area contributed by atoms with Gasteiger partial charge in [-0.2, -0.15) is 9.68 Å². The van der Waals surface area contributed by atoms with Gasteiger partial charge in [0.1, 0.15) is 5.60 Å². The minimum absolute atomic E-state index is 0.430. The van der Waals surface area contributed by atoms with Crippen LogP contribution in [0.5, 0.6) is 0 Å². The van der Waals surface area contributed by atoms with E-state index in [0.29, 0.717) is 11.3 Å². The number of piperazine rings is 1. The molecule has 1 amide bonds. The van der Waals surface area contributed by atoms with E-state index in [1.807, 2.05) is 12.1 Å². The molecule has 0 N–H and O–H groups in total. The maximum absolute atomic E-state index is 12.2. The number of benzene rings is 1. The topological polar surface area (TPSA) is 59.8 Å². The number of carbonyl (C=O) groups excluding carboxylic acids is 1. The van der Waals surface area contributed by atoms with E-state index in [2.05, 4.69) is 22.9 Å². The first-order chi connectivity index (χ1) is 11.2. The Morgan fingerprint density at radius 1 is 1.25 bits per heavy atom. The molecular formula is C17H23ClN4O2. The molecule has 2 rings (SSSR count). The van der Waals surface area contributed by atoms with Gasteiger partial charge in [0.2, 0.25) is 0 Å². The standard InChI is InChI=1S/C17H23ClN4O2/c1-17(2,3)24-16(23)22(18)15-10-13(12-19)9-14(11-15)21-7-5-20(4)6-8-21/h9-11H,5-8H2,1-4H3. The Hall–Kier alpha value is -1.97. The van der Waals surface area contributed by atoms with Crippen LogP contribution in [-0.4, -0.2) is 49.8 Å². The normalized spacial score (nSPS) is 15.8. The summed E-state index contributed by atoms with van der Waals surface area (Å²) in [5.41, 5.74) is 1.12. The van der Waals surface area contributed by atoms with Crippen LogP contribution in [0.1, 0.15) is 26.3 Å². The summed E-state index contributed by atoms with van der Waals surface area (Å²) >= 11 is 6.15. The van der Waals surface area contributed by atoms with Gasteiger partial charge in [-0.25, -0.2) is 4.79 Å². The zero-order valence-corrected chi connectivity index (χ0v) is 15.3. The molecule has 1 aliphatic heterocycles. The molecule has 7 heteroatoms. The van der Waals surface area contributed by atoms with Gasteiger partial charge in [-0.3, -0.25) is 0 Å². The van der Waals surface area contributed by atoms with Crippen LogP contribution in [0.4, 0.5) is 16.2 Å². The lowest BCUT2D eigenvalue weighted by molar-refractivity contribution is 0.0609. The second-order valence-electron chi connectivity index (χ2n) is 6.90. The molecule has 0 spiro atoms. The number of rotatable bonds is 2. The maximum atomic E-state index is 12.2. The fourth-order valence-corrected chi connectivity index (χ4v) is 2.56. The van der Waals surface area contributed by atoms with Crippen molar-refractivity contribution in [1.29, 1.82) is 5.26 Å². The van der Waals surface area contributed by atoms with E-state index in [1.54, 1.807) is 26.8 Å². The van der Waals surface area contributed by atoms with Crippen LogP contribution < -0.4 is 9.32 Å². The fraction of sp³-hybridized carbons (Fsp3) is 0.529. The SMILES string of the molecule is CN1CCN(c2cc(C#N)cc(N(Cl)C(=O)OC(C)(C)C)c2)CC1. The van der Waals surface area contributed by atoms with Crippen molar-refractivity contribution in [3.05, 3.63) is 23.8 Å². The highest BCUT2D eigenvalue weighted by molar-refractivity contribution is 6.35. The van der Waals surface area contributed by atoms with Crippen molar-refractivity contribution in [2.24, 2.45) is 0 Å². The van der Waals surface area contributed by atoms with Crippen LogP contribution in [-0.2, 0) is 4.74 Å². The maximum Gasteiger partial charge on any atom is 0.429 e. The minimum atomic E-state index is -0.663. The van der Waals surface area contributed by atoms with Gasteiger partial charge >= 0.3 is 6.09 Å². The van der Waals surface area contributed by atoms with Gasteiger partial charge in [0, 0.05) is 43.6 Å². The first-order valence-corrected chi connectivity index (χ1v) is 8.21. The Morgan fingerprint density at radius 3 is 2.42 bits per heavy atom. The van der Waals surface area contributed by atoms with Crippen molar-refractivity contribution in [2.45, 2.75) is 26.4 Å². The Balaban J connectivity index is 2.25. The van der Waals surface area contributed by atoms with Crippen molar-refractivity contribution < 1.29 is 9.53 Å². The lowest BCUT2D eigenvalue weighted by Crippen LogP contribution is -2.44. The Morgan fingerprint density at radius 2 is 1.88 bits per heavy atom. The molecule has 1 aromatic carbocycles. The van der Waals surface area contributed by atoms with E-state index < -0.39 is 11.7 Å². The van der Waals surface area contributed by atoms with Crippen molar-refractivity contribution in [3.63, 3.8) is 0 Å². The van der Waals surface area contributed by atoms with Gasteiger partial charge in [-0.1, -0.05) is 0 Å². The minimum Gasteiger partial charge on any atom is -0.443 e. The molecule has 1 fully saturated rings. The first kappa shape index (κ1) is 18.4. The molecular weight excluding hydrogens is 328 g/mol. The van der Waals surface area contributed by atoms with Crippen molar-refractivity contribution >= 4 is 29.2 Å². The summed E-state index contributed by atoms with van der Waals surface area (Å²) in [6, 6.07) is 7.33. The number of amides is 1. The summed E-state index contributed by atoms with van der Waals surface area (Å²) in [6.07, 6.45) is -0.663. The van der Waals surface area contributed by atoms with Crippen LogP contribution in [0.3, 0.4) is 0 Å². The highest BCUT2D eigenvalue weighted by Crippen LogP contribution is 2.28. The molecule has 1 heterocycles. The third-order valence-corrected chi connectivity index (χ3v) is 4.01. The lowest BCUT2D eigenvalue weighted by atomic mass is 10.1.